The first-order valence-corrected chi connectivity index (χ1v) is 4.22. The molecule has 72 valence electrons. The summed E-state index contributed by atoms with van der Waals surface area (Å²) in [4.78, 5) is 0. The molecule has 0 spiro atoms. The molecule has 1 aromatic rings. The molecule has 0 aromatic heterocycles. The zero-order chi connectivity index (χ0) is 9.84. The second-order valence-electron chi connectivity index (χ2n) is 3.13. The monoisotopic (exact) mass is 182 g/mol. The Hall–Kier alpha value is -1.06. The normalized spacial score (nSPS) is 12.8. The van der Waals surface area contributed by atoms with Crippen LogP contribution in [0.1, 0.15) is 24.0 Å². The van der Waals surface area contributed by atoms with Crippen molar-refractivity contribution in [1.82, 2.24) is 0 Å². The SMILES string of the molecule is CC(CO)c1ccc(CO)c(O)c1. The summed E-state index contributed by atoms with van der Waals surface area (Å²) < 4.78 is 0. The average molecular weight is 182 g/mol. The first-order valence-electron chi connectivity index (χ1n) is 4.22. The minimum Gasteiger partial charge on any atom is -0.508 e. The van der Waals surface area contributed by atoms with Crippen molar-refractivity contribution < 1.29 is 15.3 Å². The van der Waals surface area contributed by atoms with Gasteiger partial charge in [0.1, 0.15) is 5.75 Å². The van der Waals surface area contributed by atoms with Crippen molar-refractivity contribution in [1.29, 1.82) is 0 Å². The summed E-state index contributed by atoms with van der Waals surface area (Å²) in [5.74, 6) is 0.0962. The summed E-state index contributed by atoms with van der Waals surface area (Å²) in [6.07, 6.45) is 0. The first kappa shape index (κ1) is 10.0. The van der Waals surface area contributed by atoms with Crippen LogP contribution in [0.2, 0.25) is 0 Å². The number of rotatable bonds is 3. The van der Waals surface area contributed by atoms with E-state index in [-0.39, 0.29) is 24.9 Å². The predicted molar refractivity (Wildman–Crippen MR) is 49.5 cm³/mol. The lowest BCUT2D eigenvalue weighted by molar-refractivity contribution is 0.271. The van der Waals surface area contributed by atoms with Gasteiger partial charge < -0.3 is 15.3 Å². The van der Waals surface area contributed by atoms with Crippen LogP contribution in [0.5, 0.6) is 5.75 Å². The van der Waals surface area contributed by atoms with Crippen LogP contribution in [-0.4, -0.2) is 21.9 Å². The number of phenols is 1. The third-order valence-corrected chi connectivity index (χ3v) is 2.12. The van der Waals surface area contributed by atoms with E-state index in [0.717, 1.165) is 5.56 Å². The van der Waals surface area contributed by atoms with E-state index in [1.54, 1.807) is 18.2 Å². The van der Waals surface area contributed by atoms with E-state index < -0.39 is 0 Å². The second-order valence-corrected chi connectivity index (χ2v) is 3.13. The molecule has 1 atom stereocenters. The molecule has 0 aliphatic heterocycles. The molecule has 0 saturated heterocycles. The van der Waals surface area contributed by atoms with Crippen LogP contribution in [0.15, 0.2) is 18.2 Å². The van der Waals surface area contributed by atoms with Gasteiger partial charge in [0.25, 0.3) is 0 Å². The van der Waals surface area contributed by atoms with Gasteiger partial charge in [0, 0.05) is 18.1 Å². The van der Waals surface area contributed by atoms with Gasteiger partial charge in [-0.3, -0.25) is 0 Å². The van der Waals surface area contributed by atoms with E-state index in [4.69, 9.17) is 10.2 Å². The van der Waals surface area contributed by atoms with Crippen LogP contribution >= 0.6 is 0 Å². The molecule has 1 rings (SSSR count). The van der Waals surface area contributed by atoms with E-state index in [2.05, 4.69) is 0 Å². The van der Waals surface area contributed by atoms with Gasteiger partial charge in [-0.05, 0) is 11.6 Å². The highest BCUT2D eigenvalue weighted by molar-refractivity contribution is 5.37. The van der Waals surface area contributed by atoms with E-state index in [1.807, 2.05) is 6.92 Å². The number of aliphatic hydroxyl groups excluding tert-OH is 2. The molecule has 0 saturated carbocycles. The van der Waals surface area contributed by atoms with Crippen molar-refractivity contribution in [3.8, 4) is 5.75 Å². The van der Waals surface area contributed by atoms with Crippen LogP contribution in [0, 0.1) is 0 Å². The van der Waals surface area contributed by atoms with E-state index in [9.17, 15) is 5.11 Å². The van der Waals surface area contributed by atoms with Crippen molar-refractivity contribution >= 4 is 0 Å². The molecule has 1 unspecified atom stereocenters. The maximum Gasteiger partial charge on any atom is 0.121 e. The number of hydrogen-bond donors (Lipinski definition) is 3. The highest BCUT2D eigenvalue weighted by atomic mass is 16.3. The fraction of sp³-hybridized carbons (Fsp3) is 0.400. The summed E-state index contributed by atoms with van der Waals surface area (Å²) in [6.45, 7) is 1.75. The Labute approximate surface area is 77.3 Å². The van der Waals surface area contributed by atoms with Gasteiger partial charge in [0.05, 0.1) is 6.61 Å². The Bertz CT molecular complexity index is 283. The number of aromatic hydroxyl groups is 1. The summed E-state index contributed by atoms with van der Waals surface area (Å²) in [6, 6.07) is 5.04. The molecule has 3 heteroatoms. The highest BCUT2D eigenvalue weighted by Crippen LogP contribution is 2.23. The van der Waals surface area contributed by atoms with Gasteiger partial charge >= 0.3 is 0 Å². The number of benzene rings is 1. The van der Waals surface area contributed by atoms with E-state index in [0.29, 0.717) is 5.56 Å². The van der Waals surface area contributed by atoms with Gasteiger partial charge in [-0.25, -0.2) is 0 Å². The Morgan fingerprint density at radius 3 is 2.46 bits per heavy atom. The third-order valence-electron chi connectivity index (χ3n) is 2.12. The minimum atomic E-state index is -0.167. The highest BCUT2D eigenvalue weighted by Gasteiger charge is 2.06. The van der Waals surface area contributed by atoms with Gasteiger partial charge in [-0.1, -0.05) is 19.1 Å². The summed E-state index contributed by atoms with van der Waals surface area (Å²) in [5, 5.41) is 27.1. The lowest BCUT2D eigenvalue weighted by atomic mass is 10.0. The van der Waals surface area contributed by atoms with Crippen molar-refractivity contribution in [3.05, 3.63) is 29.3 Å². The molecule has 1 aromatic carbocycles. The summed E-state index contributed by atoms with van der Waals surface area (Å²) >= 11 is 0. The second kappa shape index (κ2) is 4.25. The van der Waals surface area contributed by atoms with Crippen molar-refractivity contribution in [3.63, 3.8) is 0 Å². The van der Waals surface area contributed by atoms with Crippen LogP contribution in [0.3, 0.4) is 0 Å². The first-order chi connectivity index (χ1) is 6.19. The topological polar surface area (TPSA) is 60.7 Å². The average Bonchev–Trinajstić information content (AvgIpc) is 2.16. The van der Waals surface area contributed by atoms with Crippen LogP contribution in [0.4, 0.5) is 0 Å². The van der Waals surface area contributed by atoms with E-state index >= 15 is 0 Å². The van der Waals surface area contributed by atoms with E-state index in [1.165, 1.54) is 0 Å². The quantitative estimate of drug-likeness (QED) is 0.653. The fourth-order valence-corrected chi connectivity index (χ4v) is 1.13. The maximum absolute atomic E-state index is 9.39. The predicted octanol–water partition coefficient (Wildman–Crippen LogP) is 0.980. The van der Waals surface area contributed by atoms with Gasteiger partial charge in [0.15, 0.2) is 0 Å². The van der Waals surface area contributed by atoms with Gasteiger partial charge in [-0.15, -0.1) is 0 Å². The Morgan fingerprint density at radius 2 is 2.00 bits per heavy atom. The van der Waals surface area contributed by atoms with Crippen LogP contribution in [0.25, 0.3) is 0 Å². The minimum absolute atomic E-state index is 0.0126. The lowest BCUT2D eigenvalue weighted by Gasteiger charge is -2.09. The summed E-state index contributed by atoms with van der Waals surface area (Å²) in [5.41, 5.74) is 1.38. The standard InChI is InChI=1S/C10H14O3/c1-7(5-11)8-2-3-9(6-12)10(13)4-8/h2-4,7,11-13H,5-6H2,1H3. The Morgan fingerprint density at radius 1 is 1.31 bits per heavy atom. The largest absolute Gasteiger partial charge is 0.508 e. The smallest absolute Gasteiger partial charge is 0.121 e. The molecule has 0 heterocycles. The molecular weight excluding hydrogens is 168 g/mol. The molecule has 3 N–H and O–H groups in total. The molecule has 0 aliphatic carbocycles. The number of aliphatic hydroxyl groups is 2. The molecule has 0 fully saturated rings. The molecule has 0 radical (unpaired) electrons. The third kappa shape index (κ3) is 2.20. The van der Waals surface area contributed by atoms with Crippen molar-refractivity contribution in [2.75, 3.05) is 6.61 Å². The lowest BCUT2D eigenvalue weighted by Crippen LogP contribution is -1.99. The molecule has 0 aliphatic rings. The van der Waals surface area contributed by atoms with Crippen LogP contribution < -0.4 is 0 Å². The van der Waals surface area contributed by atoms with Gasteiger partial charge in [-0.2, -0.15) is 0 Å². The van der Waals surface area contributed by atoms with Crippen LogP contribution in [-0.2, 0) is 6.61 Å². The zero-order valence-corrected chi connectivity index (χ0v) is 7.57. The fourth-order valence-electron chi connectivity index (χ4n) is 1.13. The van der Waals surface area contributed by atoms with Gasteiger partial charge in [0.2, 0.25) is 0 Å². The zero-order valence-electron chi connectivity index (χ0n) is 7.57. The molecular formula is C10H14O3. The molecule has 0 bridgehead atoms. The maximum atomic E-state index is 9.39. The van der Waals surface area contributed by atoms with Crippen molar-refractivity contribution in [2.45, 2.75) is 19.4 Å². The van der Waals surface area contributed by atoms with Crippen molar-refractivity contribution in [2.24, 2.45) is 0 Å². The molecule has 3 nitrogen and oxygen atoms in total. The summed E-state index contributed by atoms with van der Waals surface area (Å²) in [7, 11) is 0. The molecule has 0 amide bonds. The Kier molecular flexibility index (Phi) is 3.28. The number of hydrogen-bond acceptors (Lipinski definition) is 3. The molecule has 13 heavy (non-hydrogen) atoms. The Balaban J connectivity index is 2.95.